The maximum absolute atomic E-state index is 6.29. The van der Waals surface area contributed by atoms with Gasteiger partial charge in [-0.3, -0.25) is 0 Å². The molecule has 1 unspecified atom stereocenters. The number of halogens is 3. The predicted molar refractivity (Wildman–Crippen MR) is 92.9 cm³/mol. The van der Waals surface area contributed by atoms with Crippen LogP contribution in [0.2, 0.25) is 0 Å². The summed E-state index contributed by atoms with van der Waals surface area (Å²) in [5.74, 6) is 5.30. The van der Waals surface area contributed by atoms with Crippen molar-refractivity contribution in [1.29, 1.82) is 0 Å². The van der Waals surface area contributed by atoms with Crippen LogP contribution in [-0.2, 0) is 0 Å². The quantitative estimate of drug-likeness (QED) is 0.106. The molecule has 0 amide bonds. The van der Waals surface area contributed by atoms with Gasteiger partial charge >= 0.3 is 165 Å². The van der Waals surface area contributed by atoms with Crippen molar-refractivity contribution in [3.05, 3.63) is 0 Å². The average molecular weight is 629 g/mol. The van der Waals surface area contributed by atoms with Gasteiger partial charge in [-0.2, -0.15) is 0 Å². The SMILES string of the molecule is C#C[C@@]12C[I-]C[N+](C)(C)I1CCC(CC[I-])[C@@H]2CCCC. The Labute approximate surface area is 163 Å². The van der Waals surface area contributed by atoms with Crippen molar-refractivity contribution in [2.75, 3.05) is 31.9 Å². The van der Waals surface area contributed by atoms with Gasteiger partial charge in [-0.1, -0.05) is 0 Å². The van der Waals surface area contributed by atoms with Gasteiger partial charge in [0.25, 0.3) is 0 Å². The molecule has 0 spiro atoms. The standard InChI is InChI=1S/C17H30I3N/c1-5-7-8-16-15(9-11-18)10-12-20-17(16,6-2)13-19-14-21(20,3)4/h2,15-16H,5,7-14H2,1,3-4H3/q-1/t15?,16-,17-/m0/s1. The van der Waals surface area contributed by atoms with Gasteiger partial charge in [-0.05, 0) is 0 Å². The number of terminal acetylenes is 1. The van der Waals surface area contributed by atoms with E-state index >= 15 is 0 Å². The molecule has 2 aliphatic heterocycles. The Kier molecular flexibility index (Phi) is 7.43. The molecule has 1 radical (unpaired) electrons. The van der Waals surface area contributed by atoms with E-state index in [1.807, 2.05) is 0 Å². The van der Waals surface area contributed by atoms with Crippen LogP contribution in [0.15, 0.2) is 0 Å². The molecule has 2 aliphatic rings. The predicted octanol–water partition coefficient (Wildman–Crippen LogP) is -2.31. The van der Waals surface area contributed by atoms with E-state index in [1.54, 1.807) is 0 Å². The van der Waals surface area contributed by atoms with Crippen molar-refractivity contribution in [3.63, 3.8) is 0 Å². The number of rotatable bonds is 5. The molecule has 125 valence electrons. The van der Waals surface area contributed by atoms with Gasteiger partial charge in [0.15, 0.2) is 0 Å². The fraction of sp³-hybridized carbons (Fsp3) is 0.882. The van der Waals surface area contributed by atoms with Crippen LogP contribution >= 0.6 is 20.1 Å². The zero-order valence-corrected chi connectivity index (χ0v) is 20.1. The molecule has 0 aromatic rings. The van der Waals surface area contributed by atoms with E-state index in [9.17, 15) is 0 Å². The fourth-order valence-corrected chi connectivity index (χ4v) is 23.4. The van der Waals surface area contributed by atoms with E-state index in [-0.39, 0.29) is 0 Å². The summed E-state index contributed by atoms with van der Waals surface area (Å²) in [6, 6.07) is 0. The second-order valence-corrected chi connectivity index (χ2v) is 17.9. The van der Waals surface area contributed by atoms with Crippen LogP contribution in [0.5, 0.6) is 0 Å². The summed E-state index contributed by atoms with van der Waals surface area (Å²) in [6.45, 7) is 2.34. The van der Waals surface area contributed by atoms with Crippen LogP contribution in [0.3, 0.4) is 0 Å². The summed E-state index contributed by atoms with van der Waals surface area (Å²) in [7, 11) is 5.04. The van der Waals surface area contributed by atoms with Gasteiger partial charge in [-0.25, -0.2) is 0 Å². The van der Waals surface area contributed by atoms with E-state index in [0.717, 1.165) is 11.8 Å². The third kappa shape index (κ3) is 3.87. The normalized spacial score (nSPS) is 37.2. The molecule has 2 rings (SSSR count). The summed E-state index contributed by atoms with van der Waals surface area (Å²) in [5.41, 5.74) is 0. The molecule has 1 nitrogen and oxygen atoms in total. The molecule has 0 bridgehead atoms. The number of alkyl halides is 5. The molecule has 0 aliphatic carbocycles. The number of hydrogen-bond donors (Lipinski definition) is 0. The van der Waals surface area contributed by atoms with Crippen molar-refractivity contribution in [2.45, 2.75) is 42.4 Å². The van der Waals surface area contributed by atoms with Crippen molar-refractivity contribution in [1.82, 2.24) is 0 Å². The molecule has 3 atom stereocenters. The summed E-state index contributed by atoms with van der Waals surface area (Å²) in [5, 5.41) is 0. The van der Waals surface area contributed by atoms with E-state index in [0.29, 0.717) is 24.6 Å². The number of quaternary nitrogens is 1. The van der Waals surface area contributed by atoms with Gasteiger partial charge < -0.3 is 0 Å². The van der Waals surface area contributed by atoms with Gasteiger partial charge in [-0.15, -0.1) is 0 Å². The molecule has 4 heteroatoms. The van der Waals surface area contributed by atoms with Crippen molar-refractivity contribution >= 4 is 20.1 Å². The number of unbranched alkanes of at least 4 members (excludes halogenated alkanes) is 1. The van der Waals surface area contributed by atoms with Crippen molar-refractivity contribution < 1.29 is 46.5 Å². The Morgan fingerprint density at radius 2 is 2.19 bits per heavy atom. The van der Waals surface area contributed by atoms with E-state index < -0.39 is 20.1 Å². The zero-order chi connectivity index (χ0) is 15.5. The van der Waals surface area contributed by atoms with E-state index in [4.69, 9.17) is 6.42 Å². The van der Waals surface area contributed by atoms with Crippen LogP contribution in [0.4, 0.5) is 0 Å². The Hall–Kier alpha value is 1.71. The van der Waals surface area contributed by atoms with Crippen LogP contribution in [0, 0.1) is 24.2 Å². The zero-order valence-electron chi connectivity index (χ0n) is 13.7. The van der Waals surface area contributed by atoms with Crippen LogP contribution in [0.25, 0.3) is 0 Å². The molecule has 21 heavy (non-hydrogen) atoms. The first-order chi connectivity index (χ1) is 10.0. The fourth-order valence-electron chi connectivity index (χ4n) is 3.96. The Bertz CT molecular complexity index is 390. The summed E-state index contributed by atoms with van der Waals surface area (Å²) in [6.07, 6.45) is 13.3. The first-order valence-electron chi connectivity index (χ1n) is 8.08. The summed E-state index contributed by atoms with van der Waals surface area (Å²) in [4.78, 5) is 0. The topological polar surface area (TPSA) is 0 Å². The first-order valence-corrected chi connectivity index (χ1v) is 16.2. The Morgan fingerprint density at radius 1 is 1.43 bits per heavy atom. The minimum atomic E-state index is -1.13. The second kappa shape index (κ2) is 8.19. The molecule has 0 aromatic carbocycles. The van der Waals surface area contributed by atoms with Crippen molar-refractivity contribution in [3.8, 4) is 12.3 Å². The first kappa shape index (κ1) is 19.0. The van der Waals surface area contributed by atoms with Gasteiger partial charge in [0.1, 0.15) is 0 Å². The number of fused-ring (bicyclic) bond motifs is 1. The number of nitrogens with zero attached hydrogens (tertiary/aromatic N) is 1. The monoisotopic (exact) mass is 629 g/mol. The summed E-state index contributed by atoms with van der Waals surface area (Å²) < 4.78 is 7.54. The average Bonchev–Trinajstić information content (AvgIpc) is 2.45. The molecule has 0 aromatic heterocycles. The van der Waals surface area contributed by atoms with Crippen molar-refractivity contribution in [2.24, 2.45) is 11.8 Å². The summed E-state index contributed by atoms with van der Waals surface area (Å²) >= 11 is 1.76. The number of hydrogen-bond acceptors (Lipinski definition) is 0. The maximum atomic E-state index is 6.29. The van der Waals surface area contributed by atoms with Gasteiger partial charge in [0.05, 0.1) is 0 Å². The molecule has 0 N–H and O–H groups in total. The van der Waals surface area contributed by atoms with Gasteiger partial charge in [0.2, 0.25) is 0 Å². The third-order valence-electron chi connectivity index (χ3n) is 5.00. The Morgan fingerprint density at radius 3 is 2.81 bits per heavy atom. The molecular formula is C17H30I3N-. The minimum absolute atomic E-state index is 0.318. The van der Waals surface area contributed by atoms with Gasteiger partial charge in [0, 0.05) is 0 Å². The van der Waals surface area contributed by atoms with Crippen LogP contribution in [-0.4, -0.2) is 38.0 Å². The molecule has 2 fully saturated rings. The second-order valence-electron chi connectivity index (χ2n) is 6.79. The van der Waals surface area contributed by atoms with E-state index in [2.05, 4.69) is 49.5 Å². The molecule has 0 saturated carbocycles. The van der Waals surface area contributed by atoms with Crippen LogP contribution < -0.4 is 43.8 Å². The molecule has 2 heterocycles. The van der Waals surface area contributed by atoms with E-state index in [1.165, 1.54) is 52.6 Å². The molecular weight excluding hydrogens is 599 g/mol. The Balaban J connectivity index is 2.33. The molecule has 2 saturated heterocycles. The van der Waals surface area contributed by atoms with Crippen LogP contribution in [0.1, 0.15) is 39.0 Å². The third-order valence-corrected chi connectivity index (χ3v) is 21.2.